The molecule has 36 heavy (non-hydrogen) atoms. The molecular weight excluding hydrogens is 461 g/mol. The standard InChI is InChI=1S/C27H24FN5O3/c1-27(35)11-15(12-27)20-10-19(24-25(29)30-14-31-33(20)24)17-8-9-18-21(36-2)13-32(16-6-4-3-5-7-16)26(34)22(18)23(17)28/h3-10,13-15,35H,11-12H2,1-2H3,(H2,29,30,31). The minimum atomic E-state index is -0.749. The van der Waals surface area contributed by atoms with Crippen LogP contribution in [0.2, 0.25) is 0 Å². The van der Waals surface area contributed by atoms with Crippen molar-refractivity contribution < 1.29 is 14.2 Å². The minimum Gasteiger partial charge on any atom is -0.495 e. The summed E-state index contributed by atoms with van der Waals surface area (Å²) in [6.45, 7) is 1.79. The van der Waals surface area contributed by atoms with E-state index >= 15 is 4.39 Å². The third-order valence-electron chi connectivity index (χ3n) is 7.03. The van der Waals surface area contributed by atoms with Gasteiger partial charge in [-0.05, 0) is 44.0 Å². The van der Waals surface area contributed by atoms with Crippen molar-refractivity contribution in [3.63, 3.8) is 0 Å². The van der Waals surface area contributed by atoms with Crippen LogP contribution >= 0.6 is 0 Å². The second-order valence-corrected chi connectivity index (χ2v) is 9.55. The summed E-state index contributed by atoms with van der Waals surface area (Å²) in [5, 5.41) is 14.9. The van der Waals surface area contributed by atoms with E-state index in [2.05, 4.69) is 10.1 Å². The fourth-order valence-electron chi connectivity index (χ4n) is 5.31. The zero-order valence-electron chi connectivity index (χ0n) is 19.8. The van der Waals surface area contributed by atoms with E-state index in [0.29, 0.717) is 40.7 Å². The number of fused-ring (bicyclic) bond motifs is 2. The Kier molecular flexibility index (Phi) is 4.87. The first kappa shape index (κ1) is 22.2. The molecule has 0 unspecified atom stereocenters. The highest BCUT2D eigenvalue weighted by Crippen LogP contribution is 2.47. The number of methoxy groups -OCH3 is 1. The van der Waals surface area contributed by atoms with E-state index in [0.717, 1.165) is 5.69 Å². The summed E-state index contributed by atoms with van der Waals surface area (Å²) < 4.78 is 24.9. The van der Waals surface area contributed by atoms with Gasteiger partial charge in [0.05, 0.1) is 24.3 Å². The van der Waals surface area contributed by atoms with Crippen LogP contribution in [0.3, 0.4) is 0 Å². The Balaban J connectivity index is 1.62. The van der Waals surface area contributed by atoms with Crippen LogP contribution in [0.1, 0.15) is 31.4 Å². The van der Waals surface area contributed by atoms with Gasteiger partial charge in [-0.2, -0.15) is 5.10 Å². The lowest BCUT2D eigenvalue weighted by Crippen LogP contribution is -2.39. The highest BCUT2D eigenvalue weighted by Gasteiger charge is 2.41. The van der Waals surface area contributed by atoms with Crippen LogP contribution in [-0.2, 0) is 0 Å². The number of nitrogens with two attached hydrogens (primary N) is 1. The van der Waals surface area contributed by atoms with E-state index < -0.39 is 17.0 Å². The number of para-hydroxylation sites is 1. The fourth-order valence-corrected chi connectivity index (χ4v) is 5.31. The van der Waals surface area contributed by atoms with Gasteiger partial charge in [0.25, 0.3) is 5.56 Å². The van der Waals surface area contributed by atoms with Crippen molar-refractivity contribution in [1.29, 1.82) is 0 Å². The van der Waals surface area contributed by atoms with Gasteiger partial charge in [-0.3, -0.25) is 9.36 Å². The van der Waals surface area contributed by atoms with Crippen LogP contribution in [0.5, 0.6) is 5.75 Å². The van der Waals surface area contributed by atoms with Crippen LogP contribution in [0.25, 0.3) is 33.1 Å². The number of pyridine rings is 1. The minimum absolute atomic E-state index is 0.0365. The number of ether oxygens (including phenoxy) is 1. The molecule has 0 atom stereocenters. The number of aromatic nitrogens is 4. The largest absolute Gasteiger partial charge is 0.495 e. The highest BCUT2D eigenvalue weighted by molar-refractivity contribution is 5.96. The SMILES string of the molecule is COc1cn(-c2ccccc2)c(=O)c2c(F)c(-c3cc(C4CC(C)(O)C4)n4ncnc(N)c34)ccc12. The Hall–Kier alpha value is -4.24. The number of halogens is 1. The zero-order valence-corrected chi connectivity index (χ0v) is 19.8. The molecule has 0 bridgehead atoms. The first-order valence-electron chi connectivity index (χ1n) is 11.6. The quantitative estimate of drug-likeness (QED) is 0.398. The third-order valence-corrected chi connectivity index (χ3v) is 7.03. The number of anilines is 1. The molecule has 0 saturated heterocycles. The average molecular weight is 486 g/mol. The van der Waals surface area contributed by atoms with E-state index in [-0.39, 0.29) is 22.7 Å². The Morgan fingerprint density at radius 1 is 1.17 bits per heavy atom. The maximum Gasteiger partial charge on any atom is 0.266 e. The van der Waals surface area contributed by atoms with Crippen molar-refractivity contribution >= 4 is 22.1 Å². The molecule has 0 radical (unpaired) electrons. The molecule has 1 aliphatic rings. The zero-order chi connectivity index (χ0) is 25.2. The molecule has 182 valence electrons. The molecule has 3 N–H and O–H groups in total. The smallest absolute Gasteiger partial charge is 0.266 e. The van der Waals surface area contributed by atoms with E-state index in [9.17, 15) is 9.90 Å². The lowest BCUT2D eigenvalue weighted by molar-refractivity contribution is -0.0327. The van der Waals surface area contributed by atoms with Gasteiger partial charge in [0.2, 0.25) is 0 Å². The summed E-state index contributed by atoms with van der Waals surface area (Å²) >= 11 is 0. The van der Waals surface area contributed by atoms with Crippen LogP contribution in [0, 0.1) is 5.82 Å². The van der Waals surface area contributed by atoms with E-state index in [4.69, 9.17) is 10.5 Å². The van der Waals surface area contributed by atoms with Gasteiger partial charge in [-0.1, -0.05) is 24.3 Å². The monoisotopic (exact) mass is 485 g/mol. The Morgan fingerprint density at radius 2 is 1.92 bits per heavy atom. The summed E-state index contributed by atoms with van der Waals surface area (Å²) in [6, 6.07) is 14.1. The summed E-state index contributed by atoms with van der Waals surface area (Å²) in [7, 11) is 1.49. The van der Waals surface area contributed by atoms with Gasteiger partial charge in [0, 0.05) is 33.8 Å². The predicted molar refractivity (Wildman–Crippen MR) is 135 cm³/mol. The first-order chi connectivity index (χ1) is 17.3. The van der Waals surface area contributed by atoms with E-state index in [1.165, 1.54) is 18.0 Å². The van der Waals surface area contributed by atoms with Gasteiger partial charge in [0.1, 0.15) is 23.4 Å². The van der Waals surface area contributed by atoms with Crippen LogP contribution < -0.4 is 16.0 Å². The molecule has 9 heteroatoms. The van der Waals surface area contributed by atoms with Crippen molar-refractivity contribution in [2.45, 2.75) is 31.3 Å². The van der Waals surface area contributed by atoms with E-state index in [1.54, 1.807) is 54.0 Å². The molecule has 2 aromatic carbocycles. The summed E-state index contributed by atoms with van der Waals surface area (Å²) in [6.07, 6.45) is 4.04. The third kappa shape index (κ3) is 3.27. The number of hydrogen-bond acceptors (Lipinski definition) is 6. The Labute approximate surface area is 205 Å². The normalized spacial score (nSPS) is 19.5. The molecule has 5 aromatic rings. The van der Waals surface area contributed by atoms with Crippen LogP contribution in [0.4, 0.5) is 10.2 Å². The molecular formula is C27H24FN5O3. The topological polar surface area (TPSA) is 108 Å². The molecule has 0 spiro atoms. The van der Waals surface area contributed by atoms with Crippen LogP contribution in [0.15, 0.2) is 65.8 Å². The molecule has 1 aliphatic carbocycles. The lowest BCUT2D eigenvalue weighted by atomic mass is 9.70. The van der Waals surface area contributed by atoms with Gasteiger partial charge < -0.3 is 15.6 Å². The van der Waals surface area contributed by atoms with Crippen molar-refractivity contribution in [2.24, 2.45) is 0 Å². The lowest BCUT2D eigenvalue weighted by Gasteiger charge is -2.40. The number of nitrogen functional groups attached to an aromatic ring is 1. The molecule has 3 aromatic heterocycles. The average Bonchev–Trinajstić information content (AvgIpc) is 3.24. The van der Waals surface area contributed by atoms with Crippen molar-refractivity contribution in [3.05, 3.63) is 82.9 Å². The van der Waals surface area contributed by atoms with Gasteiger partial charge >= 0.3 is 0 Å². The summed E-state index contributed by atoms with van der Waals surface area (Å²) in [5.41, 5.74) is 7.55. The van der Waals surface area contributed by atoms with Gasteiger partial charge in [0.15, 0.2) is 5.82 Å². The van der Waals surface area contributed by atoms with Gasteiger partial charge in [-0.15, -0.1) is 0 Å². The summed E-state index contributed by atoms with van der Waals surface area (Å²) in [5.74, 6) is -0.0662. The second-order valence-electron chi connectivity index (χ2n) is 9.55. The maximum atomic E-state index is 16.3. The molecule has 0 amide bonds. The van der Waals surface area contributed by atoms with Crippen LogP contribution in [-0.4, -0.2) is 37.0 Å². The molecule has 3 heterocycles. The number of hydrogen-bond donors (Lipinski definition) is 2. The Morgan fingerprint density at radius 3 is 2.61 bits per heavy atom. The number of aliphatic hydroxyl groups is 1. The number of benzene rings is 2. The first-order valence-corrected chi connectivity index (χ1v) is 11.6. The molecule has 0 aliphatic heterocycles. The number of rotatable bonds is 4. The molecule has 6 rings (SSSR count). The molecule has 1 saturated carbocycles. The maximum absolute atomic E-state index is 16.3. The highest BCUT2D eigenvalue weighted by atomic mass is 19.1. The van der Waals surface area contributed by atoms with Crippen molar-refractivity contribution in [3.8, 4) is 22.6 Å². The van der Waals surface area contributed by atoms with Crippen molar-refractivity contribution in [1.82, 2.24) is 19.2 Å². The molecule has 8 nitrogen and oxygen atoms in total. The summed E-state index contributed by atoms with van der Waals surface area (Å²) in [4.78, 5) is 17.7. The predicted octanol–water partition coefficient (Wildman–Crippen LogP) is 4.06. The Bertz CT molecular complexity index is 1700. The van der Waals surface area contributed by atoms with E-state index in [1.807, 2.05) is 12.1 Å². The van der Waals surface area contributed by atoms with Crippen molar-refractivity contribution in [2.75, 3.05) is 12.8 Å². The number of nitrogens with zero attached hydrogens (tertiary/aromatic N) is 4. The fraction of sp³-hybridized carbons (Fsp3) is 0.222. The molecule has 1 fully saturated rings. The van der Waals surface area contributed by atoms with Gasteiger partial charge in [-0.25, -0.2) is 13.9 Å². The second kappa shape index (κ2) is 7.89.